The van der Waals surface area contributed by atoms with E-state index in [4.69, 9.17) is 9.84 Å². The number of carboxylic acids is 1. The molecule has 0 spiro atoms. The van der Waals surface area contributed by atoms with Crippen LogP contribution in [0, 0.1) is 19.8 Å². The van der Waals surface area contributed by atoms with Crippen molar-refractivity contribution < 1.29 is 19.4 Å². The molecule has 1 unspecified atom stereocenters. The lowest BCUT2D eigenvalue weighted by atomic mass is 9.93. The number of likely N-dealkylation sites (tertiary alicyclic amines) is 1. The fourth-order valence-corrected chi connectivity index (χ4v) is 3.49. The molecular formula is C20H30N2O4. The van der Waals surface area contributed by atoms with Gasteiger partial charge in [-0.1, -0.05) is 18.2 Å². The highest BCUT2D eigenvalue weighted by molar-refractivity contribution is 5.78. The maximum atomic E-state index is 12.1. The van der Waals surface area contributed by atoms with E-state index < -0.39 is 5.97 Å². The van der Waals surface area contributed by atoms with Crippen molar-refractivity contribution >= 4 is 11.9 Å². The second-order valence-corrected chi connectivity index (χ2v) is 7.10. The maximum Gasteiger partial charge on any atom is 0.303 e. The Labute approximate surface area is 155 Å². The van der Waals surface area contributed by atoms with E-state index in [1.165, 1.54) is 0 Å². The third kappa shape index (κ3) is 6.67. The number of piperidine rings is 1. The molecule has 1 saturated heterocycles. The fourth-order valence-electron chi connectivity index (χ4n) is 3.49. The van der Waals surface area contributed by atoms with E-state index in [0.29, 0.717) is 32.0 Å². The van der Waals surface area contributed by atoms with E-state index in [0.717, 1.165) is 42.8 Å². The van der Waals surface area contributed by atoms with E-state index in [1.54, 1.807) is 0 Å². The first-order valence-electron chi connectivity index (χ1n) is 9.35. The van der Waals surface area contributed by atoms with Crippen LogP contribution < -0.4 is 10.1 Å². The van der Waals surface area contributed by atoms with Crippen LogP contribution in [0.4, 0.5) is 0 Å². The van der Waals surface area contributed by atoms with Gasteiger partial charge in [0.15, 0.2) is 0 Å². The summed E-state index contributed by atoms with van der Waals surface area (Å²) < 4.78 is 5.80. The number of hydrogen-bond donors (Lipinski definition) is 2. The van der Waals surface area contributed by atoms with Gasteiger partial charge in [0, 0.05) is 13.0 Å². The van der Waals surface area contributed by atoms with E-state index in [1.807, 2.05) is 32.0 Å². The van der Waals surface area contributed by atoms with Crippen molar-refractivity contribution in [3.8, 4) is 5.75 Å². The van der Waals surface area contributed by atoms with Crippen LogP contribution in [0.15, 0.2) is 18.2 Å². The zero-order valence-electron chi connectivity index (χ0n) is 15.8. The van der Waals surface area contributed by atoms with Crippen molar-refractivity contribution in [3.63, 3.8) is 0 Å². The van der Waals surface area contributed by atoms with E-state index >= 15 is 0 Å². The van der Waals surface area contributed by atoms with Gasteiger partial charge in [-0.2, -0.15) is 0 Å². The molecule has 0 saturated carbocycles. The third-order valence-electron chi connectivity index (χ3n) is 4.82. The third-order valence-corrected chi connectivity index (χ3v) is 4.82. The summed E-state index contributed by atoms with van der Waals surface area (Å²) >= 11 is 0. The Morgan fingerprint density at radius 3 is 2.73 bits per heavy atom. The van der Waals surface area contributed by atoms with Crippen LogP contribution in [-0.4, -0.2) is 54.7 Å². The smallest absolute Gasteiger partial charge is 0.303 e. The molecule has 144 valence electrons. The van der Waals surface area contributed by atoms with E-state index in [-0.39, 0.29) is 12.3 Å². The first kappa shape index (κ1) is 20.2. The molecule has 1 atom stereocenters. The van der Waals surface area contributed by atoms with Crippen molar-refractivity contribution in [3.05, 3.63) is 29.3 Å². The normalized spacial score (nSPS) is 17.7. The molecule has 0 radical (unpaired) electrons. The fraction of sp³-hybridized carbons (Fsp3) is 0.600. The molecule has 1 fully saturated rings. The molecule has 1 heterocycles. The molecule has 2 N–H and O–H groups in total. The van der Waals surface area contributed by atoms with Crippen LogP contribution in [0.2, 0.25) is 0 Å². The van der Waals surface area contributed by atoms with Gasteiger partial charge in [-0.05, 0) is 56.7 Å². The first-order chi connectivity index (χ1) is 12.5. The number of amides is 1. The number of aliphatic carboxylic acids is 1. The number of aryl methyl sites for hydroxylation is 2. The molecule has 26 heavy (non-hydrogen) atoms. The standard InChI is InChI=1S/C20H30N2O4/c1-15-5-3-6-16(2)20(15)26-12-10-21-18(23)14-22-11-4-7-17(13-22)8-9-19(24)25/h3,5-6,17H,4,7-14H2,1-2H3,(H,21,23)(H,24,25). The average molecular weight is 362 g/mol. The Balaban J connectivity index is 1.66. The van der Waals surface area contributed by atoms with E-state index in [9.17, 15) is 9.59 Å². The van der Waals surface area contributed by atoms with Crippen LogP contribution in [0.3, 0.4) is 0 Å². The highest BCUT2D eigenvalue weighted by atomic mass is 16.5. The Hall–Kier alpha value is -2.08. The molecule has 2 rings (SSSR count). The molecule has 0 bridgehead atoms. The number of carbonyl (C=O) groups is 2. The number of para-hydroxylation sites is 1. The number of carbonyl (C=O) groups excluding carboxylic acids is 1. The van der Waals surface area contributed by atoms with Crippen molar-refractivity contribution in [2.75, 3.05) is 32.8 Å². The summed E-state index contributed by atoms with van der Waals surface area (Å²) in [6, 6.07) is 6.03. The molecule has 6 nitrogen and oxygen atoms in total. The lowest BCUT2D eigenvalue weighted by molar-refractivity contribution is -0.137. The number of carboxylic acid groups (broad SMARTS) is 1. The summed E-state index contributed by atoms with van der Waals surface area (Å²) in [5.74, 6) is 0.511. The molecule has 6 heteroatoms. The molecule has 0 aliphatic carbocycles. The Morgan fingerprint density at radius 2 is 2.04 bits per heavy atom. The molecule has 0 aromatic heterocycles. The summed E-state index contributed by atoms with van der Waals surface area (Å²) in [6.07, 6.45) is 2.97. The minimum atomic E-state index is -0.747. The molecule has 1 aliphatic rings. The molecule has 1 aliphatic heterocycles. The lowest BCUT2D eigenvalue weighted by Gasteiger charge is -2.32. The van der Waals surface area contributed by atoms with Crippen molar-refractivity contribution in [2.45, 2.75) is 39.5 Å². The Bertz CT molecular complexity index is 598. The number of nitrogens with one attached hydrogen (secondary N) is 1. The quantitative estimate of drug-likeness (QED) is 0.660. The van der Waals surface area contributed by atoms with Crippen LogP contribution >= 0.6 is 0 Å². The minimum Gasteiger partial charge on any atom is -0.491 e. The summed E-state index contributed by atoms with van der Waals surface area (Å²) in [5, 5.41) is 11.7. The zero-order valence-corrected chi connectivity index (χ0v) is 15.8. The number of ether oxygens (including phenoxy) is 1. The summed E-state index contributed by atoms with van der Waals surface area (Å²) in [7, 11) is 0. The first-order valence-corrected chi connectivity index (χ1v) is 9.35. The topological polar surface area (TPSA) is 78.9 Å². The SMILES string of the molecule is Cc1cccc(C)c1OCCNC(=O)CN1CCCC(CCC(=O)O)C1. The predicted molar refractivity (Wildman–Crippen MR) is 100 cm³/mol. The van der Waals surface area contributed by atoms with Crippen LogP contribution in [0.5, 0.6) is 5.75 Å². The molecule has 1 aromatic carbocycles. The number of benzene rings is 1. The van der Waals surface area contributed by atoms with Gasteiger partial charge < -0.3 is 15.2 Å². The van der Waals surface area contributed by atoms with Gasteiger partial charge in [0.1, 0.15) is 12.4 Å². The van der Waals surface area contributed by atoms with Gasteiger partial charge in [0.05, 0.1) is 13.1 Å². The van der Waals surface area contributed by atoms with Gasteiger partial charge in [0.25, 0.3) is 0 Å². The zero-order chi connectivity index (χ0) is 18.9. The van der Waals surface area contributed by atoms with Gasteiger partial charge in [0.2, 0.25) is 5.91 Å². The Morgan fingerprint density at radius 1 is 1.31 bits per heavy atom. The summed E-state index contributed by atoms with van der Waals surface area (Å²) in [6.45, 7) is 7.01. The van der Waals surface area contributed by atoms with Crippen LogP contribution in [0.25, 0.3) is 0 Å². The number of nitrogens with zero attached hydrogens (tertiary/aromatic N) is 1. The summed E-state index contributed by atoms with van der Waals surface area (Å²) in [5.41, 5.74) is 2.19. The lowest BCUT2D eigenvalue weighted by Crippen LogP contribution is -2.43. The number of rotatable bonds is 9. The van der Waals surface area contributed by atoms with Gasteiger partial charge in [-0.3, -0.25) is 14.5 Å². The second-order valence-electron chi connectivity index (χ2n) is 7.10. The van der Waals surface area contributed by atoms with Crippen molar-refractivity contribution in [1.29, 1.82) is 0 Å². The highest BCUT2D eigenvalue weighted by Crippen LogP contribution is 2.22. The predicted octanol–water partition coefficient (Wildman–Crippen LogP) is 2.38. The molecular weight excluding hydrogens is 332 g/mol. The second kappa shape index (κ2) is 10.2. The molecule has 1 aromatic rings. The minimum absolute atomic E-state index is 0.00556. The maximum absolute atomic E-state index is 12.1. The highest BCUT2D eigenvalue weighted by Gasteiger charge is 2.22. The largest absolute Gasteiger partial charge is 0.491 e. The van der Waals surface area contributed by atoms with Crippen molar-refractivity contribution in [1.82, 2.24) is 10.2 Å². The average Bonchev–Trinajstić information content (AvgIpc) is 2.59. The number of hydrogen-bond acceptors (Lipinski definition) is 4. The van der Waals surface area contributed by atoms with Gasteiger partial charge >= 0.3 is 5.97 Å². The van der Waals surface area contributed by atoms with Crippen LogP contribution in [-0.2, 0) is 9.59 Å². The van der Waals surface area contributed by atoms with Crippen LogP contribution in [0.1, 0.15) is 36.8 Å². The monoisotopic (exact) mass is 362 g/mol. The van der Waals surface area contributed by atoms with Gasteiger partial charge in [-0.25, -0.2) is 0 Å². The van der Waals surface area contributed by atoms with E-state index in [2.05, 4.69) is 10.2 Å². The Kier molecular flexibility index (Phi) is 7.91. The van der Waals surface area contributed by atoms with Gasteiger partial charge in [-0.15, -0.1) is 0 Å². The molecule has 1 amide bonds. The summed E-state index contributed by atoms with van der Waals surface area (Å²) in [4.78, 5) is 25.0. The van der Waals surface area contributed by atoms with Crippen molar-refractivity contribution in [2.24, 2.45) is 5.92 Å².